The maximum absolute atomic E-state index is 11.8. The lowest BCUT2D eigenvalue weighted by atomic mass is 10.0. The van der Waals surface area contributed by atoms with Crippen LogP contribution in [0.5, 0.6) is 0 Å². The van der Waals surface area contributed by atoms with Gasteiger partial charge in [0.15, 0.2) is 0 Å². The Hall–Kier alpha value is -2.38. The van der Waals surface area contributed by atoms with Crippen molar-refractivity contribution in [3.63, 3.8) is 0 Å². The number of rotatable bonds is 6. The number of hydrogen-bond acceptors (Lipinski definition) is 6. The van der Waals surface area contributed by atoms with Gasteiger partial charge < -0.3 is 25.0 Å². The molecular formula is C18H24N4O3. The standard InChI is InChI=1S/C18H24N4O3/c1-21-7-9-22(10-8-21)17-16-13(4-3-5-14(16)18(23)24)15(12-20-17)19-6-11-25-2/h3-5,12,19H,6-11H2,1-2H3,(H,23,24). The Kier molecular flexibility index (Phi) is 5.35. The number of aromatic nitrogens is 1. The Balaban J connectivity index is 2.07. The first-order valence-corrected chi connectivity index (χ1v) is 8.43. The number of benzene rings is 1. The van der Waals surface area contributed by atoms with Gasteiger partial charge >= 0.3 is 5.97 Å². The van der Waals surface area contributed by atoms with Crippen molar-refractivity contribution in [1.82, 2.24) is 9.88 Å². The molecule has 1 fully saturated rings. The average Bonchev–Trinajstić information content (AvgIpc) is 2.62. The summed E-state index contributed by atoms with van der Waals surface area (Å²) in [6, 6.07) is 5.37. The number of ether oxygens (including phenoxy) is 1. The molecule has 1 aromatic heterocycles. The summed E-state index contributed by atoms with van der Waals surface area (Å²) >= 11 is 0. The highest BCUT2D eigenvalue weighted by Crippen LogP contribution is 2.33. The molecule has 2 N–H and O–H groups in total. The third kappa shape index (κ3) is 3.67. The van der Waals surface area contributed by atoms with Crippen LogP contribution in [0.15, 0.2) is 24.4 Å². The molecule has 0 aliphatic carbocycles. The van der Waals surface area contributed by atoms with Crippen molar-refractivity contribution in [3.05, 3.63) is 30.0 Å². The Morgan fingerprint density at radius 3 is 2.76 bits per heavy atom. The molecule has 0 atom stereocenters. The molecule has 2 aromatic rings. The SMILES string of the molecule is COCCNc1cnc(N2CCN(C)CC2)c2c(C(=O)O)cccc12. The van der Waals surface area contributed by atoms with Crippen LogP contribution in [-0.2, 0) is 4.74 Å². The molecule has 1 aliphatic rings. The molecule has 0 spiro atoms. The van der Waals surface area contributed by atoms with Gasteiger partial charge in [-0.05, 0) is 13.1 Å². The molecule has 25 heavy (non-hydrogen) atoms. The molecule has 7 nitrogen and oxygen atoms in total. The van der Waals surface area contributed by atoms with Gasteiger partial charge in [0, 0.05) is 50.6 Å². The van der Waals surface area contributed by atoms with Gasteiger partial charge in [-0.1, -0.05) is 12.1 Å². The molecule has 0 bridgehead atoms. The molecule has 7 heteroatoms. The van der Waals surface area contributed by atoms with E-state index in [1.54, 1.807) is 25.4 Å². The maximum atomic E-state index is 11.8. The number of pyridine rings is 1. The van der Waals surface area contributed by atoms with Crippen molar-refractivity contribution in [2.75, 3.05) is 63.7 Å². The highest BCUT2D eigenvalue weighted by atomic mass is 16.5. The summed E-state index contributed by atoms with van der Waals surface area (Å²) in [5.74, 6) is -0.185. The zero-order valence-electron chi connectivity index (χ0n) is 14.7. The zero-order valence-corrected chi connectivity index (χ0v) is 14.7. The second-order valence-corrected chi connectivity index (χ2v) is 6.24. The molecular weight excluding hydrogens is 320 g/mol. The smallest absolute Gasteiger partial charge is 0.336 e. The predicted molar refractivity (Wildman–Crippen MR) is 98.8 cm³/mol. The topological polar surface area (TPSA) is 77.9 Å². The van der Waals surface area contributed by atoms with Crippen molar-refractivity contribution in [2.45, 2.75) is 0 Å². The van der Waals surface area contributed by atoms with Crippen LogP contribution in [0.25, 0.3) is 10.8 Å². The maximum Gasteiger partial charge on any atom is 0.336 e. The second kappa shape index (κ2) is 7.67. The number of methoxy groups -OCH3 is 1. The molecule has 1 aliphatic heterocycles. The quantitative estimate of drug-likeness (QED) is 0.773. The van der Waals surface area contributed by atoms with E-state index in [-0.39, 0.29) is 5.56 Å². The Morgan fingerprint density at radius 2 is 2.08 bits per heavy atom. The molecule has 0 unspecified atom stereocenters. The minimum absolute atomic E-state index is 0.286. The molecule has 0 radical (unpaired) electrons. The van der Waals surface area contributed by atoms with Crippen molar-refractivity contribution in [1.29, 1.82) is 0 Å². The van der Waals surface area contributed by atoms with E-state index in [1.807, 2.05) is 6.07 Å². The van der Waals surface area contributed by atoms with E-state index in [4.69, 9.17) is 4.74 Å². The number of likely N-dealkylation sites (N-methyl/N-ethyl adjacent to an activating group) is 1. The van der Waals surface area contributed by atoms with Gasteiger partial charge in [-0.25, -0.2) is 9.78 Å². The fourth-order valence-electron chi connectivity index (χ4n) is 3.14. The molecule has 0 amide bonds. The molecule has 134 valence electrons. The number of nitrogens with zero attached hydrogens (tertiary/aromatic N) is 3. The highest BCUT2D eigenvalue weighted by Gasteiger charge is 2.22. The zero-order chi connectivity index (χ0) is 17.8. The average molecular weight is 344 g/mol. The summed E-state index contributed by atoms with van der Waals surface area (Å²) in [6.45, 7) is 4.75. The number of carbonyl (C=O) groups is 1. The van der Waals surface area contributed by atoms with E-state index in [0.29, 0.717) is 18.5 Å². The number of anilines is 2. The third-order valence-corrected chi connectivity index (χ3v) is 4.55. The minimum atomic E-state index is -0.934. The van der Waals surface area contributed by atoms with E-state index in [9.17, 15) is 9.90 Å². The lowest BCUT2D eigenvalue weighted by Crippen LogP contribution is -2.45. The molecule has 1 aromatic carbocycles. The van der Waals surface area contributed by atoms with Crippen molar-refractivity contribution in [2.24, 2.45) is 0 Å². The lowest BCUT2D eigenvalue weighted by Gasteiger charge is -2.34. The summed E-state index contributed by atoms with van der Waals surface area (Å²) in [7, 11) is 3.74. The number of piperazine rings is 1. The Labute approximate surface area is 147 Å². The molecule has 0 saturated carbocycles. The van der Waals surface area contributed by atoms with E-state index >= 15 is 0 Å². The Bertz CT molecular complexity index is 757. The first-order chi connectivity index (χ1) is 12.1. The van der Waals surface area contributed by atoms with E-state index in [1.165, 1.54) is 0 Å². The van der Waals surface area contributed by atoms with Gasteiger partial charge in [-0.3, -0.25) is 0 Å². The summed E-state index contributed by atoms with van der Waals surface area (Å²) in [4.78, 5) is 20.8. The van der Waals surface area contributed by atoms with Crippen LogP contribution >= 0.6 is 0 Å². The van der Waals surface area contributed by atoms with E-state index in [0.717, 1.165) is 43.1 Å². The third-order valence-electron chi connectivity index (χ3n) is 4.55. The van der Waals surface area contributed by atoms with Crippen LogP contribution in [0, 0.1) is 0 Å². The number of hydrogen-bond donors (Lipinski definition) is 2. The van der Waals surface area contributed by atoms with Crippen molar-refractivity contribution in [3.8, 4) is 0 Å². The minimum Gasteiger partial charge on any atom is -0.478 e. The number of carboxylic acids is 1. The van der Waals surface area contributed by atoms with Crippen molar-refractivity contribution < 1.29 is 14.6 Å². The van der Waals surface area contributed by atoms with Gasteiger partial charge in [0.25, 0.3) is 0 Å². The number of carboxylic acid groups (broad SMARTS) is 1. The fourth-order valence-corrected chi connectivity index (χ4v) is 3.14. The lowest BCUT2D eigenvalue weighted by molar-refractivity contribution is 0.0699. The molecule has 1 saturated heterocycles. The van der Waals surface area contributed by atoms with Crippen LogP contribution in [0.3, 0.4) is 0 Å². The van der Waals surface area contributed by atoms with Gasteiger partial charge in [0.1, 0.15) is 5.82 Å². The van der Waals surface area contributed by atoms with E-state index < -0.39 is 5.97 Å². The molecule has 2 heterocycles. The Morgan fingerprint density at radius 1 is 1.32 bits per heavy atom. The number of aromatic carboxylic acids is 1. The second-order valence-electron chi connectivity index (χ2n) is 6.24. The fraction of sp³-hybridized carbons (Fsp3) is 0.444. The van der Waals surface area contributed by atoms with Crippen LogP contribution in [0.2, 0.25) is 0 Å². The number of nitrogens with one attached hydrogen (secondary N) is 1. The van der Waals surface area contributed by atoms with Crippen LogP contribution in [-0.4, -0.2) is 74.4 Å². The number of fused-ring (bicyclic) bond motifs is 1. The van der Waals surface area contributed by atoms with E-state index in [2.05, 4.69) is 27.1 Å². The largest absolute Gasteiger partial charge is 0.478 e. The normalized spacial score (nSPS) is 15.5. The summed E-state index contributed by atoms with van der Waals surface area (Å²) in [5.41, 5.74) is 1.11. The summed E-state index contributed by atoms with van der Waals surface area (Å²) in [5, 5.41) is 14.5. The van der Waals surface area contributed by atoms with Gasteiger partial charge in [0.05, 0.1) is 24.1 Å². The first-order valence-electron chi connectivity index (χ1n) is 8.43. The highest BCUT2D eigenvalue weighted by molar-refractivity contribution is 6.11. The first kappa shape index (κ1) is 17.4. The summed E-state index contributed by atoms with van der Waals surface area (Å²) in [6.07, 6.45) is 1.79. The van der Waals surface area contributed by atoms with Crippen molar-refractivity contribution >= 4 is 28.2 Å². The van der Waals surface area contributed by atoms with Crippen LogP contribution < -0.4 is 10.2 Å². The predicted octanol–water partition coefficient (Wildman–Crippen LogP) is 1.74. The van der Waals surface area contributed by atoms with Gasteiger partial charge in [-0.15, -0.1) is 0 Å². The van der Waals surface area contributed by atoms with Crippen LogP contribution in [0.1, 0.15) is 10.4 Å². The van der Waals surface area contributed by atoms with Gasteiger partial charge in [0.2, 0.25) is 0 Å². The van der Waals surface area contributed by atoms with Gasteiger partial charge in [-0.2, -0.15) is 0 Å². The summed E-state index contributed by atoms with van der Waals surface area (Å²) < 4.78 is 5.08. The van der Waals surface area contributed by atoms with Crippen LogP contribution in [0.4, 0.5) is 11.5 Å². The molecule has 3 rings (SSSR count). The monoisotopic (exact) mass is 344 g/mol.